The van der Waals surface area contributed by atoms with Gasteiger partial charge in [-0.25, -0.2) is 4.79 Å². The molecule has 11 heteroatoms. The maximum Gasteiger partial charge on any atom is 0.337 e. The Balaban J connectivity index is 1.47. The number of aromatic nitrogens is 1. The maximum atomic E-state index is 14.7. The third kappa shape index (κ3) is 6.00. The van der Waals surface area contributed by atoms with Gasteiger partial charge in [-0.2, -0.15) is 0 Å². The lowest BCUT2D eigenvalue weighted by Crippen LogP contribution is -2.58. The van der Waals surface area contributed by atoms with Crippen LogP contribution in [0.4, 0.5) is 0 Å². The zero-order valence-electron chi connectivity index (χ0n) is 26.6. The number of piperidine rings is 1. The fourth-order valence-electron chi connectivity index (χ4n) is 6.53. The Kier molecular flexibility index (Phi) is 8.97. The molecule has 0 bridgehead atoms. The van der Waals surface area contributed by atoms with Gasteiger partial charge in [-0.05, 0) is 80.5 Å². The van der Waals surface area contributed by atoms with Crippen LogP contribution in [0.1, 0.15) is 68.1 Å². The van der Waals surface area contributed by atoms with Gasteiger partial charge in [0.15, 0.2) is 11.6 Å². The van der Waals surface area contributed by atoms with Gasteiger partial charge >= 0.3 is 5.97 Å². The summed E-state index contributed by atoms with van der Waals surface area (Å²) in [5.74, 6) is -2.72. The molecule has 6 rings (SSSR count). The van der Waals surface area contributed by atoms with E-state index in [1.807, 2.05) is 12.1 Å². The van der Waals surface area contributed by atoms with Crippen LogP contribution in [0.3, 0.4) is 0 Å². The van der Waals surface area contributed by atoms with E-state index in [1.165, 1.54) is 18.5 Å². The number of nitrogens with zero attached hydrogens (tertiary/aromatic N) is 1. The molecule has 2 aliphatic rings. The largest absolute Gasteiger partial charge is 0.493 e. The molecule has 1 saturated heterocycles. The second-order valence-electron chi connectivity index (χ2n) is 11.7. The molecule has 0 aliphatic carbocycles. The lowest BCUT2D eigenvalue weighted by atomic mass is 9.70. The molecular weight excluding hydrogens is 614 g/mol. The number of nitrogens with one attached hydrogen (secondary N) is 1. The number of ketones is 2. The summed E-state index contributed by atoms with van der Waals surface area (Å²) in [5.41, 5.74) is 7.43. The monoisotopic (exact) mass is 649 g/mol. The number of carbonyl (C=O) groups excluding carboxylic acids is 3. The summed E-state index contributed by atoms with van der Waals surface area (Å²) >= 11 is 0. The van der Waals surface area contributed by atoms with Crippen LogP contribution in [0.2, 0.25) is 0 Å². The molecule has 2 aliphatic heterocycles. The minimum atomic E-state index is -1.17. The Morgan fingerprint density at radius 2 is 1.56 bits per heavy atom. The van der Waals surface area contributed by atoms with E-state index >= 15 is 0 Å². The molecule has 3 aromatic carbocycles. The third-order valence-corrected chi connectivity index (χ3v) is 8.76. The van der Waals surface area contributed by atoms with E-state index in [0.29, 0.717) is 59.5 Å². The van der Waals surface area contributed by atoms with Crippen LogP contribution in [0.25, 0.3) is 22.3 Å². The summed E-state index contributed by atoms with van der Waals surface area (Å²) in [4.78, 5) is 56.9. The molecular formula is C37H35N3O8. The van der Waals surface area contributed by atoms with E-state index in [4.69, 9.17) is 19.9 Å². The number of carbonyl (C=O) groups is 4. The molecule has 48 heavy (non-hydrogen) atoms. The number of fused-ring (bicyclic) bond motifs is 1. The number of ether oxygens (including phenoxy) is 3. The fourth-order valence-corrected chi connectivity index (χ4v) is 6.53. The Morgan fingerprint density at radius 1 is 0.896 bits per heavy atom. The molecule has 0 radical (unpaired) electrons. The number of carboxylic acid groups (broad SMARTS) is 1. The van der Waals surface area contributed by atoms with E-state index < -0.39 is 29.2 Å². The van der Waals surface area contributed by atoms with Crippen LogP contribution >= 0.6 is 0 Å². The number of nitrogens with two attached hydrogens (primary N) is 1. The Bertz CT molecular complexity index is 1900. The second kappa shape index (κ2) is 13.3. The standard InChI is InChI=1S/C37H35N3O8/c1-3-46-29-17-24(18-30(47-4-2)31(29)25-15-26(36(44)45)20-40-19-25)33(41)32-34(42)27-16-22(21-6-5-7-23(14-21)35(38)43)8-9-28(27)48-37(32)10-12-39-13-11-37/h5-9,14-20,32,39H,3-4,10-13H2,1-2H3,(H2,38,43)(H,44,45). The number of hydrogen-bond donors (Lipinski definition) is 3. The average Bonchev–Trinajstić information content (AvgIpc) is 3.08. The van der Waals surface area contributed by atoms with Crippen LogP contribution in [-0.4, -0.2) is 65.4 Å². The van der Waals surface area contributed by atoms with Crippen molar-refractivity contribution in [2.75, 3.05) is 26.3 Å². The summed E-state index contributed by atoms with van der Waals surface area (Å²) in [6, 6.07) is 16.6. The normalized spacial score (nSPS) is 16.5. The molecule has 1 aromatic heterocycles. The van der Waals surface area contributed by atoms with Crippen LogP contribution in [0.5, 0.6) is 17.2 Å². The predicted molar refractivity (Wildman–Crippen MR) is 177 cm³/mol. The van der Waals surface area contributed by atoms with E-state index in [2.05, 4.69) is 10.3 Å². The lowest BCUT2D eigenvalue weighted by Gasteiger charge is -2.45. The van der Waals surface area contributed by atoms with Gasteiger partial charge in [-0.15, -0.1) is 0 Å². The van der Waals surface area contributed by atoms with Gasteiger partial charge in [-0.1, -0.05) is 18.2 Å². The first-order valence-corrected chi connectivity index (χ1v) is 15.8. The highest BCUT2D eigenvalue weighted by molar-refractivity contribution is 6.19. The van der Waals surface area contributed by atoms with Gasteiger partial charge < -0.3 is 30.4 Å². The van der Waals surface area contributed by atoms with Crippen LogP contribution in [0, 0.1) is 5.92 Å². The first kappa shape index (κ1) is 32.4. The molecule has 1 atom stereocenters. The van der Waals surface area contributed by atoms with Crippen molar-refractivity contribution in [2.24, 2.45) is 11.7 Å². The van der Waals surface area contributed by atoms with Crippen molar-refractivity contribution in [3.05, 3.63) is 95.3 Å². The summed E-state index contributed by atoms with van der Waals surface area (Å²) in [6.07, 6.45) is 3.61. The van der Waals surface area contributed by atoms with Crippen molar-refractivity contribution in [2.45, 2.75) is 32.3 Å². The smallest absolute Gasteiger partial charge is 0.337 e. The van der Waals surface area contributed by atoms with Gasteiger partial charge in [0.2, 0.25) is 5.91 Å². The Hall–Kier alpha value is -5.55. The minimum Gasteiger partial charge on any atom is -0.493 e. The molecule has 1 spiro atoms. The highest BCUT2D eigenvalue weighted by atomic mass is 16.5. The summed E-state index contributed by atoms with van der Waals surface area (Å²) in [7, 11) is 0. The molecule has 1 fully saturated rings. The topological polar surface area (TPSA) is 167 Å². The number of amides is 1. The third-order valence-electron chi connectivity index (χ3n) is 8.76. The fraction of sp³-hybridized carbons (Fsp3) is 0.270. The number of hydrogen-bond acceptors (Lipinski definition) is 9. The Labute approximate surface area is 277 Å². The number of carboxylic acids is 1. The van der Waals surface area contributed by atoms with Crippen molar-refractivity contribution >= 4 is 23.4 Å². The van der Waals surface area contributed by atoms with Gasteiger partial charge in [-0.3, -0.25) is 19.4 Å². The lowest BCUT2D eigenvalue weighted by molar-refractivity contribution is -0.0138. The molecule has 0 saturated carbocycles. The van der Waals surface area contributed by atoms with Crippen LogP contribution in [-0.2, 0) is 0 Å². The van der Waals surface area contributed by atoms with Crippen molar-refractivity contribution in [3.63, 3.8) is 0 Å². The van der Waals surface area contributed by atoms with Crippen LogP contribution < -0.4 is 25.3 Å². The van der Waals surface area contributed by atoms with E-state index in [1.54, 1.807) is 56.3 Å². The number of rotatable bonds is 10. The van der Waals surface area contributed by atoms with Gasteiger partial charge in [0.1, 0.15) is 28.8 Å². The zero-order valence-corrected chi connectivity index (χ0v) is 26.6. The summed E-state index contributed by atoms with van der Waals surface area (Å²) < 4.78 is 18.6. The Morgan fingerprint density at radius 3 is 2.21 bits per heavy atom. The molecule has 4 N–H and O–H groups in total. The summed E-state index contributed by atoms with van der Waals surface area (Å²) in [5, 5.41) is 12.9. The van der Waals surface area contributed by atoms with Gasteiger partial charge in [0, 0.05) is 41.9 Å². The first-order valence-electron chi connectivity index (χ1n) is 15.8. The molecule has 11 nitrogen and oxygen atoms in total. The van der Waals surface area contributed by atoms with Crippen molar-refractivity contribution in [3.8, 4) is 39.5 Å². The number of pyridine rings is 1. The number of benzene rings is 3. The molecule has 4 aromatic rings. The van der Waals surface area contributed by atoms with E-state index in [9.17, 15) is 24.3 Å². The van der Waals surface area contributed by atoms with Crippen molar-refractivity contribution < 1.29 is 38.5 Å². The predicted octanol–water partition coefficient (Wildman–Crippen LogP) is 5.21. The maximum absolute atomic E-state index is 14.7. The minimum absolute atomic E-state index is 0.0188. The van der Waals surface area contributed by atoms with Crippen molar-refractivity contribution in [1.29, 1.82) is 0 Å². The van der Waals surface area contributed by atoms with Gasteiger partial charge in [0.25, 0.3) is 0 Å². The number of Topliss-reactive ketones (excluding diaryl/α,β-unsaturated/α-hetero) is 2. The van der Waals surface area contributed by atoms with E-state index in [0.717, 1.165) is 0 Å². The molecule has 3 heterocycles. The molecule has 1 amide bonds. The number of aromatic carboxylic acids is 1. The van der Waals surface area contributed by atoms with Crippen molar-refractivity contribution in [1.82, 2.24) is 10.3 Å². The second-order valence-corrected chi connectivity index (χ2v) is 11.7. The molecule has 1 unspecified atom stereocenters. The highest BCUT2D eigenvalue weighted by Crippen LogP contribution is 2.46. The zero-order chi connectivity index (χ0) is 34.0. The average molecular weight is 650 g/mol. The van der Waals surface area contributed by atoms with Gasteiger partial charge in [0.05, 0.1) is 29.9 Å². The first-order chi connectivity index (χ1) is 23.2. The quantitative estimate of drug-likeness (QED) is 0.153. The van der Waals surface area contributed by atoms with E-state index in [-0.39, 0.29) is 47.2 Å². The SMILES string of the molecule is CCOc1cc(C(=O)C2C(=O)c3cc(-c4cccc(C(N)=O)c4)ccc3OC23CCNCC3)cc(OCC)c1-c1cncc(C(=O)O)c1. The number of primary amides is 1. The van der Waals surface area contributed by atoms with Crippen LogP contribution in [0.15, 0.2) is 73.1 Å². The highest BCUT2D eigenvalue weighted by Gasteiger charge is 2.54. The molecule has 246 valence electrons. The summed E-state index contributed by atoms with van der Waals surface area (Å²) in [6.45, 7) is 5.20.